The Bertz CT molecular complexity index is 1520. The van der Waals surface area contributed by atoms with Crippen LogP contribution in [0.25, 0.3) is 0 Å². The van der Waals surface area contributed by atoms with Crippen LogP contribution in [0.2, 0.25) is 5.04 Å². The predicted octanol–water partition coefficient (Wildman–Crippen LogP) is 8.00. The van der Waals surface area contributed by atoms with Gasteiger partial charge in [0.25, 0.3) is 8.32 Å². The average molecular weight is 653 g/mol. The van der Waals surface area contributed by atoms with Gasteiger partial charge in [-0.3, -0.25) is 4.90 Å². The first-order valence-electron chi connectivity index (χ1n) is 18.8. The molecule has 2 saturated heterocycles. The molecule has 4 unspecified atom stereocenters. The molecule has 1 spiro atoms. The Morgan fingerprint density at radius 2 is 1.57 bits per heavy atom. The summed E-state index contributed by atoms with van der Waals surface area (Å²) >= 11 is 0. The van der Waals surface area contributed by atoms with Gasteiger partial charge in [0, 0.05) is 30.0 Å². The summed E-state index contributed by atoms with van der Waals surface area (Å²) in [7, 11) is -2.71. The van der Waals surface area contributed by atoms with Crippen LogP contribution in [-0.4, -0.2) is 44.5 Å². The van der Waals surface area contributed by atoms with Gasteiger partial charge in [-0.05, 0) is 73.4 Å². The molecule has 3 aliphatic heterocycles. The van der Waals surface area contributed by atoms with Crippen LogP contribution in [0.15, 0.2) is 75.9 Å². The molecule has 4 aliphatic rings. The third-order valence-corrected chi connectivity index (χ3v) is 17.2. The van der Waals surface area contributed by atoms with Gasteiger partial charge >= 0.3 is 5.63 Å². The van der Waals surface area contributed by atoms with E-state index in [4.69, 9.17) is 8.84 Å². The van der Waals surface area contributed by atoms with E-state index in [1.165, 1.54) is 67.4 Å². The summed E-state index contributed by atoms with van der Waals surface area (Å²) in [5.74, 6) is 1.31. The van der Waals surface area contributed by atoms with E-state index in [1.54, 1.807) is 0 Å². The maximum absolute atomic E-state index is 14.2. The maximum atomic E-state index is 14.2. The largest absolute Gasteiger partial charge is 0.428 e. The number of rotatable bonds is 9. The molecule has 3 fully saturated rings. The van der Waals surface area contributed by atoms with Gasteiger partial charge < -0.3 is 13.7 Å². The number of aryl methyl sites for hydroxylation is 1. The molecule has 4 atom stereocenters. The quantitative estimate of drug-likeness (QED) is 0.219. The SMILES string of the molecule is CCCCc1cc2c(c(=O)o1)C(N1CCCCC1)C1CCCCC13CCC(CO[Si](c1ccccc1)(c1ccccc1)C(C)(C)C)N23. The summed E-state index contributed by atoms with van der Waals surface area (Å²) in [6.45, 7) is 12.2. The van der Waals surface area contributed by atoms with Crippen LogP contribution in [0.1, 0.15) is 116 Å². The first-order chi connectivity index (χ1) is 22.8. The highest BCUT2D eigenvalue weighted by molar-refractivity contribution is 6.99. The predicted molar refractivity (Wildman–Crippen MR) is 196 cm³/mol. The smallest absolute Gasteiger partial charge is 0.342 e. The van der Waals surface area contributed by atoms with Crippen LogP contribution < -0.4 is 20.9 Å². The van der Waals surface area contributed by atoms with Crippen LogP contribution in [0, 0.1) is 5.92 Å². The normalized spacial score (nSPS) is 26.5. The van der Waals surface area contributed by atoms with Crippen LogP contribution in [0.5, 0.6) is 0 Å². The van der Waals surface area contributed by atoms with Gasteiger partial charge in [0.2, 0.25) is 0 Å². The number of piperidine rings is 1. The van der Waals surface area contributed by atoms with Crippen LogP contribution >= 0.6 is 0 Å². The lowest BCUT2D eigenvalue weighted by Crippen LogP contribution is -2.68. The Kier molecular flexibility index (Phi) is 9.31. The summed E-state index contributed by atoms with van der Waals surface area (Å²) in [5, 5.41) is 2.58. The zero-order chi connectivity index (χ0) is 32.6. The van der Waals surface area contributed by atoms with E-state index in [0.29, 0.717) is 12.5 Å². The highest BCUT2D eigenvalue weighted by Crippen LogP contribution is 2.59. The van der Waals surface area contributed by atoms with Crippen molar-refractivity contribution in [1.29, 1.82) is 0 Å². The summed E-state index contributed by atoms with van der Waals surface area (Å²) in [6.07, 6.45) is 13.9. The second-order valence-corrected chi connectivity index (χ2v) is 20.2. The molecule has 7 rings (SSSR count). The molecule has 4 heterocycles. The highest BCUT2D eigenvalue weighted by Gasteiger charge is 2.60. The fraction of sp³-hybridized carbons (Fsp3) is 0.585. The van der Waals surface area contributed by atoms with Crippen LogP contribution in [0.3, 0.4) is 0 Å². The van der Waals surface area contributed by atoms with E-state index in [2.05, 4.69) is 104 Å². The number of anilines is 1. The molecule has 0 N–H and O–H groups in total. The first-order valence-corrected chi connectivity index (χ1v) is 20.7. The number of fused-ring (bicyclic) bond motifs is 2. The molecule has 0 radical (unpaired) electrons. The summed E-state index contributed by atoms with van der Waals surface area (Å²) in [5.41, 5.74) is 2.12. The molecular weight excluding hydrogens is 597 g/mol. The number of hydrogen-bond acceptors (Lipinski definition) is 5. The average Bonchev–Trinajstić information content (AvgIpc) is 3.45. The van der Waals surface area contributed by atoms with E-state index >= 15 is 0 Å². The molecule has 252 valence electrons. The molecule has 1 aliphatic carbocycles. The Morgan fingerprint density at radius 3 is 2.21 bits per heavy atom. The minimum atomic E-state index is -2.71. The minimum absolute atomic E-state index is 0.0721. The van der Waals surface area contributed by atoms with Crippen molar-refractivity contribution in [2.45, 2.75) is 127 Å². The van der Waals surface area contributed by atoms with Crippen molar-refractivity contribution < 1.29 is 8.84 Å². The van der Waals surface area contributed by atoms with Gasteiger partial charge in [-0.25, -0.2) is 4.79 Å². The lowest BCUT2D eigenvalue weighted by atomic mass is 9.63. The van der Waals surface area contributed by atoms with Gasteiger partial charge in [0.1, 0.15) is 5.76 Å². The van der Waals surface area contributed by atoms with E-state index in [9.17, 15) is 4.79 Å². The maximum Gasteiger partial charge on any atom is 0.342 e. The lowest BCUT2D eigenvalue weighted by Gasteiger charge is -2.58. The zero-order valence-corrected chi connectivity index (χ0v) is 30.3. The standard InChI is InChI=1S/C41H56N2O3Si/c1-5-6-18-32-29-36-37(39(44)46-32)38(42-27-16-9-17-28-42)35-23-14-15-25-41(35)26-24-31(43(36)41)30-45-47(40(2,3)4,33-19-10-7-11-20-33)34-21-12-8-13-22-34/h7-8,10-13,19-22,29,31,35,38H,5-6,9,14-18,23-28,30H2,1-4H3. The Morgan fingerprint density at radius 1 is 0.894 bits per heavy atom. The molecule has 1 aromatic heterocycles. The fourth-order valence-electron chi connectivity index (χ4n) is 10.2. The number of hydrogen-bond donors (Lipinski definition) is 0. The molecule has 47 heavy (non-hydrogen) atoms. The van der Waals surface area contributed by atoms with Crippen LogP contribution in [-0.2, 0) is 10.8 Å². The van der Waals surface area contributed by atoms with E-state index in [0.717, 1.165) is 50.1 Å². The molecule has 2 aromatic carbocycles. The molecule has 5 nitrogen and oxygen atoms in total. The van der Waals surface area contributed by atoms with Gasteiger partial charge in [0.15, 0.2) is 0 Å². The van der Waals surface area contributed by atoms with Crippen molar-refractivity contribution in [2.75, 3.05) is 24.6 Å². The first kappa shape index (κ1) is 32.9. The van der Waals surface area contributed by atoms with E-state index in [1.807, 2.05) is 0 Å². The molecule has 3 aromatic rings. The molecule has 6 heteroatoms. The number of likely N-dealkylation sites (tertiary alicyclic amines) is 1. The van der Waals surface area contributed by atoms with Crippen LogP contribution in [0.4, 0.5) is 5.69 Å². The van der Waals surface area contributed by atoms with Crippen molar-refractivity contribution in [3.63, 3.8) is 0 Å². The summed E-state index contributed by atoms with van der Waals surface area (Å²) in [4.78, 5) is 19.7. The van der Waals surface area contributed by atoms with Gasteiger partial charge in [0.05, 0.1) is 23.9 Å². The molecule has 0 amide bonds. The number of nitrogens with zero attached hydrogens (tertiary/aromatic N) is 2. The van der Waals surface area contributed by atoms with E-state index in [-0.39, 0.29) is 28.3 Å². The Labute approximate surface area is 283 Å². The minimum Gasteiger partial charge on any atom is -0.428 e. The van der Waals surface area contributed by atoms with Crippen molar-refractivity contribution >= 4 is 24.4 Å². The molecule has 1 saturated carbocycles. The molecular formula is C41H56N2O3Si. The Hall–Kier alpha value is -2.67. The number of unbranched alkanes of at least 4 members (excludes halogenated alkanes) is 1. The van der Waals surface area contributed by atoms with Gasteiger partial charge in [-0.15, -0.1) is 0 Å². The third kappa shape index (κ3) is 5.66. The van der Waals surface area contributed by atoms with Crippen molar-refractivity contribution in [3.05, 3.63) is 88.5 Å². The van der Waals surface area contributed by atoms with Crippen molar-refractivity contribution in [3.8, 4) is 0 Å². The van der Waals surface area contributed by atoms with Crippen molar-refractivity contribution in [2.24, 2.45) is 5.92 Å². The number of benzene rings is 2. The highest BCUT2D eigenvalue weighted by atomic mass is 28.4. The monoisotopic (exact) mass is 652 g/mol. The second kappa shape index (κ2) is 13.3. The molecule has 0 bridgehead atoms. The lowest BCUT2D eigenvalue weighted by molar-refractivity contribution is 0.0367. The van der Waals surface area contributed by atoms with E-state index < -0.39 is 8.32 Å². The summed E-state index contributed by atoms with van der Waals surface area (Å²) in [6, 6.07) is 24.8. The third-order valence-electron chi connectivity index (χ3n) is 12.2. The summed E-state index contributed by atoms with van der Waals surface area (Å²) < 4.78 is 13.8. The van der Waals surface area contributed by atoms with Gasteiger partial charge in [-0.1, -0.05) is 114 Å². The van der Waals surface area contributed by atoms with Gasteiger partial charge in [-0.2, -0.15) is 0 Å². The zero-order valence-electron chi connectivity index (χ0n) is 29.3. The fourth-order valence-corrected chi connectivity index (χ4v) is 14.8. The Balaban J connectivity index is 1.34. The second-order valence-electron chi connectivity index (χ2n) is 15.9. The van der Waals surface area contributed by atoms with Crippen molar-refractivity contribution in [1.82, 2.24) is 4.90 Å². The topological polar surface area (TPSA) is 45.9 Å².